The van der Waals surface area contributed by atoms with Gasteiger partial charge in [0.15, 0.2) is 0 Å². The summed E-state index contributed by atoms with van der Waals surface area (Å²) in [6, 6.07) is 15.3. The first-order chi connectivity index (χ1) is 18.4. The summed E-state index contributed by atoms with van der Waals surface area (Å²) in [6.07, 6.45) is 20.5. The van der Waals surface area contributed by atoms with Gasteiger partial charge in [-0.1, -0.05) is 54.5 Å². The van der Waals surface area contributed by atoms with Gasteiger partial charge >= 0.3 is 0 Å². The molecule has 1 fully saturated rings. The fourth-order valence-electron chi connectivity index (χ4n) is 4.77. The summed E-state index contributed by atoms with van der Waals surface area (Å²) < 4.78 is 12.2. The van der Waals surface area contributed by atoms with Crippen molar-refractivity contribution >= 4 is 0 Å². The number of hydrogen-bond acceptors (Lipinski definition) is 3. The first kappa shape index (κ1) is 30.8. The molecular weight excluding hydrogens is 466 g/mol. The Kier molecular flexibility index (Phi) is 13.3. The normalized spacial score (nSPS) is 17.7. The maximum atomic E-state index is 6.25. The Balaban J connectivity index is 0.000000394. The average Bonchev–Trinajstić information content (AvgIpc) is 3.43. The summed E-state index contributed by atoms with van der Waals surface area (Å²) in [5.74, 6) is 8.12. The second-order valence-electron chi connectivity index (χ2n) is 10.2. The second-order valence-corrected chi connectivity index (χ2v) is 10.2. The largest absolute Gasteiger partial charge is 0.492 e. The van der Waals surface area contributed by atoms with Crippen LogP contribution in [-0.2, 0) is 0 Å². The van der Waals surface area contributed by atoms with Gasteiger partial charge in [0.05, 0.1) is 0 Å². The molecule has 0 amide bonds. The molecule has 2 aromatic rings. The van der Waals surface area contributed by atoms with E-state index in [2.05, 4.69) is 92.8 Å². The van der Waals surface area contributed by atoms with E-state index in [1.165, 1.54) is 42.6 Å². The van der Waals surface area contributed by atoms with Crippen molar-refractivity contribution in [2.45, 2.75) is 71.8 Å². The number of ether oxygens (including phenoxy) is 2. The number of benzene rings is 2. The molecule has 0 aromatic heterocycles. The molecule has 4 rings (SSSR count). The molecule has 2 aliphatic heterocycles. The van der Waals surface area contributed by atoms with Gasteiger partial charge in [-0.3, -0.25) is 4.90 Å². The average molecular weight is 512 g/mol. The van der Waals surface area contributed by atoms with Crippen LogP contribution in [0.25, 0.3) is 0 Å². The Morgan fingerprint density at radius 3 is 2.45 bits per heavy atom. The number of nitrogens with zero attached hydrogens (tertiary/aromatic N) is 1. The molecule has 3 nitrogen and oxygen atoms in total. The van der Waals surface area contributed by atoms with E-state index in [1.54, 1.807) is 0 Å². The molecule has 0 N–H and O–H groups in total. The predicted molar refractivity (Wildman–Crippen MR) is 162 cm³/mol. The van der Waals surface area contributed by atoms with E-state index in [-0.39, 0.29) is 5.60 Å². The summed E-state index contributed by atoms with van der Waals surface area (Å²) in [7, 11) is 0. The van der Waals surface area contributed by atoms with Crippen LogP contribution in [0.3, 0.4) is 0 Å². The molecule has 1 saturated heterocycles. The first-order valence-corrected chi connectivity index (χ1v) is 13.7. The first-order valence-electron chi connectivity index (χ1n) is 13.7. The minimum Gasteiger partial charge on any atom is -0.492 e. The Morgan fingerprint density at radius 2 is 1.79 bits per heavy atom. The van der Waals surface area contributed by atoms with Gasteiger partial charge in [-0.2, -0.15) is 0 Å². The number of likely N-dealkylation sites (tertiary alicyclic amines) is 1. The van der Waals surface area contributed by atoms with Crippen LogP contribution in [0.2, 0.25) is 0 Å². The van der Waals surface area contributed by atoms with Crippen LogP contribution >= 0.6 is 0 Å². The minimum absolute atomic E-state index is 0.156. The lowest BCUT2D eigenvalue weighted by Gasteiger charge is -2.38. The monoisotopic (exact) mass is 511 g/mol. The van der Waals surface area contributed by atoms with Crippen LogP contribution in [0.1, 0.15) is 76.0 Å². The maximum Gasteiger partial charge on any atom is 0.124 e. The lowest BCUT2D eigenvalue weighted by molar-refractivity contribution is 0.0774. The zero-order valence-electron chi connectivity index (χ0n) is 24.0. The Hall–Kier alpha value is -3.40. The Labute approximate surface area is 231 Å². The van der Waals surface area contributed by atoms with E-state index >= 15 is 0 Å². The van der Waals surface area contributed by atoms with E-state index in [0.29, 0.717) is 5.92 Å². The molecule has 2 heterocycles. The third-order valence-corrected chi connectivity index (χ3v) is 6.62. The zero-order chi connectivity index (χ0) is 27.8. The van der Waals surface area contributed by atoms with Crippen molar-refractivity contribution in [3.05, 3.63) is 83.5 Å². The number of aryl methyl sites for hydroxylation is 1. The van der Waals surface area contributed by atoms with Crippen molar-refractivity contribution in [3.8, 4) is 36.2 Å². The lowest BCUT2D eigenvalue weighted by Crippen LogP contribution is -2.35. The van der Waals surface area contributed by atoms with E-state index in [9.17, 15) is 0 Å². The summed E-state index contributed by atoms with van der Waals surface area (Å²) in [5, 5.41) is 0. The van der Waals surface area contributed by atoms with Crippen LogP contribution in [0.4, 0.5) is 0 Å². The van der Waals surface area contributed by atoms with Gasteiger partial charge in [0.2, 0.25) is 0 Å². The zero-order valence-corrected chi connectivity index (χ0v) is 24.0. The third-order valence-electron chi connectivity index (χ3n) is 6.62. The summed E-state index contributed by atoms with van der Waals surface area (Å²) in [5.41, 5.74) is 3.72. The molecule has 0 bridgehead atoms. The Morgan fingerprint density at radius 1 is 1.08 bits per heavy atom. The van der Waals surface area contributed by atoms with Crippen molar-refractivity contribution in [3.63, 3.8) is 0 Å². The van der Waals surface area contributed by atoms with Crippen molar-refractivity contribution in [2.75, 3.05) is 26.2 Å². The highest BCUT2D eigenvalue weighted by Gasteiger charge is 2.34. The quantitative estimate of drug-likeness (QED) is 0.278. The number of rotatable bonds is 7. The van der Waals surface area contributed by atoms with E-state index in [0.717, 1.165) is 37.5 Å². The molecular formula is C35H45NO2. The fourth-order valence-corrected chi connectivity index (χ4v) is 4.77. The fraction of sp³-hybridized carbons (Fsp3) is 0.429. The van der Waals surface area contributed by atoms with Crippen LogP contribution < -0.4 is 9.47 Å². The van der Waals surface area contributed by atoms with Gasteiger partial charge in [0, 0.05) is 24.4 Å². The lowest BCUT2D eigenvalue weighted by atomic mass is 9.80. The molecule has 1 atom stereocenters. The van der Waals surface area contributed by atoms with Crippen LogP contribution in [0.15, 0.2) is 66.8 Å². The SMILES string of the molecule is C#C.CC#CC/C=C\C=C/C.Cc1ccc2c(c1)OC(C)(C)CC2c1ccc(OCCN2CCCC2)cc1. The number of terminal acetylenes is 1. The predicted octanol–water partition coefficient (Wildman–Crippen LogP) is 7.94. The minimum atomic E-state index is -0.156. The summed E-state index contributed by atoms with van der Waals surface area (Å²) in [6.45, 7) is 14.6. The van der Waals surface area contributed by atoms with Crippen LogP contribution in [0.5, 0.6) is 11.5 Å². The van der Waals surface area contributed by atoms with Crippen LogP contribution in [0, 0.1) is 31.6 Å². The molecule has 0 aliphatic carbocycles. The molecule has 0 radical (unpaired) electrons. The molecule has 0 spiro atoms. The topological polar surface area (TPSA) is 21.7 Å². The smallest absolute Gasteiger partial charge is 0.124 e. The van der Waals surface area contributed by atoms with Crippen molar-refractivity contribution in [1.29, 1.82) is 0 Å². The van der Waals surface area contributed by atoms with Gasteiger partial charge in [-0.05, 0) is 96.3 Å². The van der Waals surface area contributed by atoms with Gasteiger partial charge in [-0.25, -0.2) is 0 Å². The highest BCUT2D eigenvalue weighted by atomic mass is 16.5. The van der Waals surface area contributed by atoms with Crippen molar-refractivity contribution in [2.24, 2.45) is 0 Å². The number of allylic oxidation sites excluding steroid dienone is 4. The van der Waals surface area contributed by atoms with E-state index in [4.69, 9.17) is 9.47 Å². The molecule has 38 heavy (non-hydrogen) atoms. The summed E-state index contributed by atoms with van der Waals surface area (Å²) in [4.78, 5) is 2.48. The van der Waals surface area contributed by atoms with Gasteiger partial charge in [-0.15, -0.1) is 18.8 Å². The molecule has 1 unspecified atom stereocenters. The molecule has 0 saturated carbocycles. The second kappa shape index (κ2) is 16.4. The standard InChI is InChI=1S/C24H31NO2.C9H12.C2H2/c1-18-6-11-21-22(17-24(2,3)27-23(21)16-18)19-7-9-20(10-8-19)26-15-14-25-12-4-5-13-25;1-3-5-7-9-8-6-4-2;1-2/h6-11,16,22H,4-5,12-15,17H2,1-3H3;3,5,7,9H,8H2,1-2H3;1-2H/b;5-3-,9-7-;. The van der Waals surface area contributed by atoms with Gasteiger partial charge in [0.1, 0.15) is 23.7 Å². The highest BCUT2D eigenvalue weighted by Crippen LogP contribution is 2.44. The number of fused-ring (bicyclic) bond motifs is 1. The van der Waals surface area contributed by atoms with Crippen LogP contribution in [-0.4, -0.2) is 36.7 Å². The number of hydrogen-bond donors (Lipinski definition) is 0. The van der Waals surface area contributed by atoms with E-state index < -0.39 is 0 Å². The van der Waals surface area contributed by atoms with Gasteiger partial charge < -0.3 is 9.47 Å². The Bertz CT molecular complexity index is 1110. The maximum absolute atomic E-state index is 6.25. The summed E-state index contributed by atoms with van der Waals surface area (Å²) >= 11 is 0. The third kappa shape index (κ3) is 10.2. The molecule has 3 heteroatoms. The molecule has 2 aromatic carbocycles. The highest BCUT2D eigenvalue weighted by molar-refractivity contribution is 5.47. The molecule has 202 valence electrons. The van der Waals surface area contributed by atoms with Crippen molar-refractivity contribution in [1.82, 2.24) is 4.90 Å². The van der Waals surface area contributed by atoms with Gasteiger partial charge in [0.25, 0.3) is 0 Å². The van der Waals surface area contributed by atoms with E-state index in [1.807, 2.05) is 38.2 Å². The van der Waals surface area contributed by atoms with Crippen molar-refractivity contribution < 1.29 is 9.47 Å². The molecule has 2 aliphatic rings.